The van der Waals surface area contributed by atoms with Crippen LogP contribution in [0.5, 0.6) is 0 Å². The van der Waals surface area contributed by atoms with Gasteiger partial charge in [-0.3, -0.25) is 9.59 Å². The standard InChI is InChI=1S/C22H21ClF3NO3/c1-21(2,3)30-20(29)12-27-18-8-5-13(10-15(18)6-9-19(27)28)14-4-7-17(23)16(11-14)22(24,25)26/h4-5,7-8,10-11H,6,9,12H2,1-3H3. The first-order valence-electron chi connectivity index (χ1n) is 9.37. The Hall–Kier alpha value is -2.54. The molecule has 3 rings (SSSR count). The molecule has 1 amide bonds. The maximum Gasteiger partial charge on any atom is 0.417 e. The van der Waals surface area contributed by atoms with E-state index in [4.69, 9.17) is 16.3 Å². The molecule has 0 N–H and O–H groups in total. The molecule has 8 heteroatoms. The molecule has 0 spiro atoms. The lowest BCUT2D eigenvalue weighted by Gasteiger charge is -2.30. The smallest absolute Gasteiger partial charge is 0.417 e. The second-order valence-electron chi connectivity index (χ2n) is 8.10. The molecule has 0 saturated heterocycles. The molecule has 160 valence electrons. The lowest BCUT2D eigenvalue weighted by Crippen LogP contribution is -2.41. The van der Waals surface area contributed by atoms with E-state index in [-0.39, 0.29) is 23.9 Å². The van der Waals surface area contributed by atoms with Crippen LogP contribution in [0.2, 0.25) is 5.02 Å². The van der Waals surface area contributed by atoms with Crippen LogP contribution in [-0.2, 0) is 26.9 Å². The van der Waals surface area contributed by atoms with Crippen LogP contribution in [0.15, 0.2) is 36.4 Å². The van der Waals surface area contributed by atoms with Gasteiger partial charge in [0.05, 0.1) is 10.6 Å². The Bertz CT molecular complexity index is 996. The first kappa shape index (κ1) is 22.2. The van der Waals surface area contributed by atoms with E-state index in [1.54, 1.807) is 39.0 Å². The number of rotatable bonds is 3. The average molecular weight is 440 g/mol. The zero-order valence-corrected chi connectivity index (χ0v) is 17.5. The summed E-state index contributed by atoms with van der Waals surface area (Å²) in [6.45, 7) is 5.00. The summed E-state index contributed by atoms with van der Waals surface area (Å²) in [6.07, 6.45) is -3.92. The fourth-order valence-corrected chi connectivity index (χ4v) is 3.56. The molecule has 0 fully saturated rings. The van der Waals surface area contributed by atoms with Crippen LogP contribution in [0.1, 0.15) is 38.3 Å². The molecule has 2 aromatic rings. The van der Waals surface area contributed by atoms with Crippen molar-refractivity contribution in [3.05, 3.63) is 52.5 Å². The number of alkyl halides is 3. The van der Waals surface area contributed by atoms with Crippen molar-refractivity contribution in [3.8, 4) is 11.1 Å². The van der Waals surface area contributed by atoms with Crippen molar-refractivity contribution < 1.29 is 27.5 Å². The molecule has 1 heterocycles. The number of amides is 1. The number of carbonyl (C=O) groups is 2. The summed E-state index contributed by atoms with van der Waals surface area (Å²) in [4.78, 5) is 25.9. The van der Waals surface area contributed by atoms with E-state index >= 15 is 0 Å². The van der Waals surface area contributed by atoms with Crippen LogP contribution >= 0.6 is 11.6 Å². The number of hydrogen-bond donors (Lipinski definition) is 0. The molecule has 1 aliphatic heterocycles. The van der Waals surface area contributed by atoms with Gasteiger partial charge in [-0.1, -0.05) is 23.7 Å². The number of esters is 1. The average Bonchev–Trinajstić information content (AvgIpc) is 2.61. The fourth-order valence-electron chi connectivity index (χ4n) is 3.34. The van der Waals surface area contributed by atoms with Gasteiger partial charge in [0.25, 0.3) is 0 Å². The molecule has 0 saturated carbocycles. The minimum absolute atomic E-state index is 0.202. The Balaban J connectivity index is 1.92. The van der Waals surface area contributed by atoms with Crippen LogP contribution in [0.4, 0.5) is 18.9 Å². The third-order valence-electron chi connectivity index (χ3n) is 4.59. The van der Waals surface area contributed by atoms with Crippen LogP contribution in [0.3, 0.4) is 0 Å². The molecule has 0 radical (unpaired) electrons. The van der Waals surface area contributed by atoms with Crippen molar-refractivity contribution in [3.63, 3.8) is 0 Å². The highest BCUT2D eigenvalue weighted by atomic mass is 35.5. The Morgan fingerprint density at radius 3 is 2.33 bits per heavy atom. The summed E-state index contributed by atoms with van der Waals surface area (Å²) in [7, 11) is 0. The van der Waals surface area contributed by atoms with E-state index in [0.29, 0.717) is 23.2 Å². The second-order valence-corrected chi connectivity index (χ2v) is 8.51. The first-order chi connectivity index (χ1) is 13.8. The Morgan fingerprint density at radius 2 is 1.70 bits per heavy atom. The molecule has 1 aliphatic rings. The molecule has 0 aromatic heterocycles. The second kappa shape index (κ2) is 7.95. The summed E-state index contributed by atoms with van der Waals surface area (Å²) in [5.74, 6) is -0.729. The van der Waals surface area contributed by atoms with E-state index in [9.17, 15) is 22.8 Å². The van der Waals surface area contributed by atoms with Gasteiger partial charge in [-0.2, -0.15) is 13.2 Å². The van der Waals surface area contributed by atoms with Gasteiger partial charge in [0.1, 0.15) is 12.1 Å². The molecular formula is C22H21ClF3NO3. The Morgan fingerprint density at radius 1 is 1.07 bits per heavy atom. The van der Waals surface area contributed by atoms with Gasteiger partial charge in [0.15, 0.2) is 0 Å². The predicted octanol–water partition coefficient (Wildman–Crippen LogP) is 5.65. The number of benzene rings is 2. The predicted molar refractivity (Wildman–Crippen MR) is 108 cm³/mol. The molecule has 0 bridgehead atoms. The molecule has 0 aliphatic carbocycles. The van der Waals surface area contributed by atoms with E-state index in [0.717, 1.165) is 11.6 Å². The summed E-state index contributed by atoms with van der Waals surface area (Å²) in [6, 6.07) is 8.77. The molecular weight excluding hydrogens is 419 g/mol. The van der Waals surface area contributed by atoms with Crippen molar-refractivity contribution in [2.24, 2.45) is 0 Å². The quantitative estimate of drug-likeness (QED) is 0.581. The van der Waals surface area contributed by atoms with E-state index < -0.39 is 23.3 Å². The van der Waals surface area contributed by atoms with Gasteiger partial charge in [-0.25, -0.2) is 0 Å². The highest BCUT2D eigenvalue weighted by Crippen LogP contribution is 2.38. The summed E-state index contributed by atoms with van der Waals surface area (Å²) in [5, 5.41) is -0.363. The number of halogens is 4. The number of anilines is 1. The Labute approximate surface area is 177 Å². The normalized spacial score (nSPS) is 14.5. The van der Waals surface area contributed by atoms with E-state index in [2.05, 4.69) is 0 Å². The van der Waals surface area contributed by atoms with Crippen LogP contribution in [0, 0.1) is 0 Å². The van der Waals surface area contributed by atoms with Crippen molar-refractivity contribution in [2.75, 3.05) is 11.4 Å². The van der Waals surface area contributed by atoms with Crippen molar-refractivity contribution in [1.82, 2.24) is 0 Å². The van der Waals surface area contributed by atoms with Crippen LogP contribution in [-0.4, -0.2) is 24.0 Å². The molecule has 0 unspecified atom stereocenters. The number of aryl methyl sites for hydroxylation is 1. The minimum Gasteiger partial charge on any atom is -0.459 e. The van der Waals surface area contributed by atoms with Gasteiger partial charge >= 0.3 is 12.1 Å². The summed E-state index contributed by atoms with van der Waals surface area (Å²) < 4.78 is 44.8. The van der Waals surface area contributed by atoms with Gasteiger partial charge in [0.2, 0.25) is 5.91 Å². The van der Waals surface area contributed by atoms with E-state index in [1.807, 2.05) is 0 Å². The topological polar surface area (TPSA) is 46.6 Å². The highest BCUT2D eigenvalue weighted by molar-refractivity contribution is 6.31. The minimum atomic E-state index is -4.56. The number of nitrogens with zero attached hydrogens (tertiary/aromatic N) is 1. The Kier molecular flexibility index (Phi) is 5.87. The maximum absolute atomic E-state index is 13.2. The first-order valence-corrected chi connectivity index (χ1v) is 9.75. The third kappa shape index (κ3) is 4.95. The molecule has 2 aromatic carbocycles. The number of carbonyl (C=O) groups excluding carboxylic acids is 2. The van der Waals surface area contributed by atoms with Gasteiger partial charge < -0.3 is 9.64 Å². The maximum atomic E-state index is 13.2. The van der Waals surface area contributed by atoms with Crippen molar-refractivity contribution >= 4 is 29.2 Å². The van der Waals surface area contributed by atoms with Crippen molar-refractivity contribution in [1.29, 1.82) is 0 Å². The van der Waals surface area contributed by atoms with Gasteiger partial charge in [-0.05, 0) is 68.1 Å². The number of ether oxygens (including phenoxy) is 1. The van der Waals surface area contributed by atoms with Crippen LogP contribution in [0.25, 0.3) is 11.1 Å². The van der Waals surface area contributed by atoms with E-state index in [1.165, 1.54) is 17.0 Å². The zero-order valence-electron chi connectivity index (χ0n) is 16.8. The molecule has 30 heavy (non-hydrogen) atoms. The largest absolute Gasteiger partial charge is 0.459 e. The van der Waals surface area contributed by atoms with Crippen LogP contribution < -0.4 is 4.90 Å². The van der Waals surface area contributed by atoms with Crippen molar-refractivity contribution in [2.45, 2.75) is 45.4 Å². The highest BCUT2D eigenvalue weighted by Gasteiger charge is 2.33. The lowest BCUT2D eigenvalue weighted by molar-refractivity contribution is -0.153. The summed E-state index contributed by atoms with van der Waals surface area (Å²) >= 11 is 5.71. The third-order valence-corrected chi connectivity index (χ3v) is 4.92. The monoisotopic (exact) mass is 439 g/mol. The number of fused-ring (bicyclic) bond motifs is 1. The number of hydrogen-bond acceptors (Lipinski definition) is 3. The molecule has 0 atom stereocenters. The SMILES string of the molecule is CC(C)(C)OC(=O)CN1C(=O)CCc2cc(-c3ccc(Cl)c(C(F)(F)F)c3)ccc21. The summed E-state index contributed by atoms with van der Waals surface area (Å²) in [5.41, 5.74) is 0.701. The lowest BCUT2D eigenvalue weighted by atomic mass is 9.95. The zero-order chi connectivity index (χ0) is 22.3. The fraction of sp³-hybridized carbons (Fsp3) is 0.364. The molecule has 4 nitrogen and oxygen atoms in total. The van der Waals surface area contributed by atoms with Gasteiger partial charge in [-0.15, -0.1) is 0 Å². The van der Waals surface area contributed by atoms with Gasteiger partial charge in [0, 0.05) is 12.1 Å².